The maximum absolute atomic E-state index is 14.1. The lowest BCUT2D eigenvalue weighted by Gasteiger charge is -2.13. The number of ether oxygens (including phenoxy) is 1. The summed E-state index contributed by atoms with van der Waals surface area (Å²) in [5, 5.41) is 3.92. The van der Waals surface area contributed by atoms with Gasteiger partial charge in [0.1, 0.15) is 11.9 Å². The number of methoxy groups -OCH3 is 1. The predicted molar refractivity (Wildman–Crippen MR) is 101 cm³/mol. The van der Waals surface area contributed by atoms with E-state index in [0.29, 0.717) is 18.5 Å². The number of rotatable bonds is 6. The molecule has 0 unspecified atom stereocenters. The van der Waals surface area contributed by atoms with Crippen LogP contribution in [0.2, 0.25) is 0 Å². The van der Waals surface area contributed by atoms with Crippen molar-refractivity contribution in [3.8, 4) is 11.3 Å². The Morgan fingerprint density at radius 3 is 2.73 bits per heavy atom. The zero-order chi connectivity index (χ0) is 18.7. The number of benzene rings is 2. The second kappa shape index (κ2) is 7.70. The molecule has 5 heteroatoms. The lowest BCUT2D eigenvalue weighted by Crippen LogP contribution is -2.34. The average Bonchev–Trinajstić information content (AvgIpc) is 2.97. The summed E-state index contributed by atoms with van der Waals surface area (Å²) < 4.78 is 19.3. The maximum atomic E-state index is 14.1. The van der Waals surface area contributed by atoms with Gasteiger partial charge in [-0.2, -0.15) is 0 Å². The van der Waals surface area contributed by atoms with Crippen LogP contribution in [0.1, 0.15) is 24.5 Å². The summed E-state index contributed by atoms with van der Waals surface area (Å²) in [6.07, 6.45) is 0.199. The molecule has 2 aromatic carbocycles. The Bertz CT molecular complexity index is 929. The third kappa shape index (κ3) is 3.48. The minimum Gasteiger partial charge on any atom is -0.372 e. The van der Waals surface area contributed by atoms with E-state index in [2.05, 4.69) is 10.3 Å². The second-order valence-electron chi connectivity index (χ2n) is 6.34. The van der Waals surface area contributed by atoms with Gasteiger partial charge in [-0.25, -0.2) is 4.39 Å². The van der Waals surface area contributed by atoms with Crippen LogP contribution in [0.5, 0.6) is 0 Å². The first-order valence-corrected chi connectivity index (χ1v) is 8.71. The fraction of sp³-hybridized carbons (Fsp3) is 0.286. The molecule has 26 heavy (non-hydrogen) atoms. The van der Waals surface area contributed by atoms with Gasteiger partial charge in [0.25, 0.3) is 0 Å². The first kappa shape index (κ1) is 18.1. The fourth-order valence-corrected chi connectivity index (χ4v) is 3.18. The quantitative estimate of drug-likeness (QED) is 0.692. The number of H-pyrrole nitrogens is 1. The molecule has 3 aromatic rings. The van der Waals surface area contributed by atoms with E-state index < -0.39 is 6.10 Å². The maximum Gasteiger partial charge on any atom is 0.249 e. The normalized spacial score (nSPS) is 12.3. The first-order chi connectivity index (χ1) is 12.5. The Hall–Kier alpha value is -2.66. The van der Waals surface area contributed by atoms with Gasteiger partial charge in [0.15, 0.2) is 0 Å². The van der Waals surface area contributed by atoms with Crippen LogP contribution in [0, 0.1) is 12.7 Å². The van der Waals surface area contributed by atoms with Gasteiger partial charge in [-0.3, -0.25) is 4.79 Å². The Labute approximate surface area is 152 Å². The molecule has 0 saturated carbocycles. The van der Waals surface area contributed by atoms with Gasteiger partial charge in [-0.05, 0) is 48.7 Å². The first-order valence-electron chi connectivity index (χ1n) is 8.71. The summed E-state index contributed by atoms with van der Waals surface area (Å²) in [6.45, 7) is 4.31. The van der Waals surface area contributed by atoms with Crippen LogP contribution in [0.4, 0.5) is 4.39 Å². The van der Waals surface area contributed by atoms with E-state index in [-0.39, 0.29) is 11.7 Å². The molecule has 0 aliphatic carbocycles. The van der Waals surface area contributed by atoms with Crippen molar-refractivity contribution in [2.45, 2.75) is 32.9 Å². The number of hydrogen-bond donors (Lipinski definition) is 2. The van der Waals surface area contributed by atoms with Gasteiger partial charge in [0.2, 0.25) is 5.91 Å². The van der Waals surface area contributed by atoms with Crippen molar-refractivity contribution in [3.05, 3.63) is 59.4 Å². The highest BCUT2D eigenvalue weighted by atomic mass is 19.1. The number of amides is 1. The SMILES string of the molecule is CC[C@H](OC)C(=O)NCc1ccc2[nH]c(-c3ccccc3F)c(C)c2c1. The van der Waals surface area contributed by atoms with Gasteiger partial charge in [0.05, 0.1) is 5.69 Å². The second-order valence-corrected chi connectivity index (χ2v) is 6.34. The Morgan fingerprint density at radius 1 is 1.27 bits per heavy atom. The van der Waals surface area contributed by atoms with Crippen LogP contribution in [0.25, 0.3) is 22.2 Å². The minimum absolute atomic E-state index is 0.118. The standard InChI is InChI=1S/C21H23FN2O2/c1-4-19(26-3)21(25)23-12-14-9-10-18-16(11-14)13(2)20(24-18)15-7-5-6-8-17(15)22/h5-11,19,24H,4,12H2,1-3H3,(H,23,25)/t19-/m0/s1. The van der Waals surface area contributed by atoms with Gasteiger partial charge >= 0.3 is 0 Å². The summed E-state index contributed by atoms with van der Waals surface area (Å²) in [5.74, 6) is -0.368. The molecule has 0 spiro atoms. The summed E-state index contributed by atoms with van der Waals surface area (Å²) >= 11 is 0. The van der Waals surface area contributed by atoms with Crippen LogP contribution >= 0.6 is 0 Å². The highest BCUT2D eigenvalue weighted by Gasteiger charge is 2.16. The van der Waals surface area contributed by atoms with E-state index in [1.165, 1.54) is 13.2 Å². The van der Waals surface area contributed by atoms with Crippen LogP contribution in [0.15, 0.2) is 42.5 Å². The monoisotopic (exact) mass is 354 g/mol. The largest absolute Gasteiger partial charge is 0.372 e. The number of aromatic nitrogens is 1. The lowest BCUT2D eigenvalue weighted by molar-refractivity contribution is -0.131. The van der Waals surface area contributed by atoms with Crippen LogP contribution in [-0.2, 0) is 16.1 Å². The van der Waals surface area contributed by atoms with Crippen molar-refractivity contribution in [2.24, 2.45) is 0 Å². The number of halogens is 1. The molecule has 1 heterocycles. The van der Waals surface area contributed by atoms with E-state index >= 15 is 0 Å². The Morgan fingerprint density at radius 2 is 2.04 bits per heavy atom. The van der Waals surface area contributed by atoms with E-state index in [1.807, 2.05) is 38.1 Å². The minimum atomic E-state index is -0.430. The Balaban J connectivity index is 1.87. The molecule has 0 aliphatic heterocycles. The molecule has 1 aromatic heterocycles. The van der Waals surface area contributed by atoms with Gasteiger partial charge in [-0.15, -0.1) is 0 Å². The average molecular weight is 354 g/mol. The summed E-state index contributed by atoms with van der Waals surface area (Å²) in [6, 6.07) is 12.7. The zero-order valence-corrected chi connectivity index (χ0v) is 15.2. The van der Waals surface area contributed by atoms with Crippen molar-refractivity contribution < 1.29 is 13.9 Å². The highest BCUT2D eigenvalue weighted by Crippen LogP contribution is 2.31. The molecular formula is C21H23FN2O2. The lowest BCUT2D eigenvalue weighted by atomic mass is 10.0. The fourth-order valence-electron chi connectivity index (χ4n) is 3.18. The molecule has 0 aliphatic rings. The van der Waals surface area contributed by atoms with Crippen LogP contribution in [0.3, 0.4) is 0 Å². The summed E-state index contributed by atoms with van der Waals surface area (Å²) in [7, 11) is 1.53. The highest BCUT2D eigenvalue weighted by molar-refractivity contribution is 5.91. The molecular weight excluding hydrogens is 331 g/mol. The van der Waals surface area contributed by atoms with Gasteiger partial charge in [0, 0.05) is 30.1 Å². The zero-order valence-electron chi connectivity index (χ0n) is 15.2. The van der Waals surface area contributed by atoms with Crippen LogP contribution in [-0.4, -0.2) is 24.1 Å². The van der Waals surface area contributed by atoms with Gasteiger partial charge in [-0.1, -0.05) is 25.1 Å². The molecule has 1 atom stereocenters. The van der Waals surface area contributed by atoms with E-state index in [0.717, 1.165) is 27.7 Å². The number of nitrogens with one attached hydrogen (secondary N) is 2. The van der Waals surface area contributed by atoms with Crippen LogP contribution < -0.4 is 5.32 Å². The van der Waals surface area contributed by atoms with Crippen molar-refractivity contribution in [2.75, 3.05) is 7.11 Å². The van der Waals surface area contributed by atoms with E-state index in [1.54, 1.807) is 12.1 Å². The molecule has 4 nitrogen and oxygen atoms in total. The molecule has 0 saturated heterocycles. The topological polar surface area (TPSA) is 54.1 Å². The van der Waals surface area contributed by atoms with Crippen molar-refractivity contribution in [1.82, 2.24) is 10.3 Å². The number of aromatic amines is 1. The van der Waals surface area contributed by atoms with Crippen molar-refractivity contribution >= 4 is 16.8 Å². The number of fused-ring (bicyclic) bond motifs is 1. The molecule has 3 rings (SSSR count). The van der Waals surface area contributed by atoms with E-state index in [9.17, 15) is 9.18 Å². The third-order valence-electron chi connectivity index (χ3n) is 4.68. The molecule has 0 fully saturated rings. The summed E-state index contributed by atoms with van der Waals surface area (Å²) in [4.78, 5) is 15.4. The smallest absolute Gasteiger partial charge is 0.249 e. The number of carbonyl (C=O) groups is 1. The van der Waals surface area contributed by atoms with E-state index in [4.69, 9.17) is 4.74 Å². The summed E-state index contributed by atoms with van der Waals surface area (Å²) in [5.41, 5.74) is 4.26. The molecule has 1 amide bonds. The van der Waals surface area contributed by atoms with Crippen molar-refractivity contribution in [1.29, 1.82) is 0 Å². The molecule has 0 radical (unpaired) electrons. The number of aryl methyl sites for hydroxylation is 1. The molecule has 136 valence electrons. The molecule has 2 N–H and O–H groups in total. The number of carbonyl (C=O) groups excluding carboxylic acids is 1. The van der Waals surface area contributed by atoms with Crippen molar-refractivity contribution in [3.63, 3.8) is 0 Å². The Kier molecular flexibility index (Phi) is 5.38. The third-order valence-corrected chi connectivity index (χ3v) is 4.68. The van der Waals surface area contributed by atoms with Gasteiger partial charge < -0.3 is 15.0 Å². The predicted octanol–water partition coefficient (Wildman–Crippen LogP) is 4.32. The molecule has 0 bridgehead atoms. The number of hydrogen-bond acceptors (Lipinski definition) is 2.